The monoisotopic (exact) mass is 316 g/mol. The second-order valence-electron chi connectivity index (χ2n) is 5.98. The molecule has 3 heteroatoms. The Morgan fingerprint density at radius 2 is 1.61 bits per heavy atom. The molecule has 3 nitrogen and oxygen atoms in total. The summed E-state index contributed by atoms with van der Waals surface area (Å²) in [6.45, 7) is 2.00. The molecule has 0 spiro atoms. The third-order valence-corrected chi connectivity index (χ3v) is 4.01. The van der Waals surface area contributed by atoms with Crippen molar-refractivity contribution in [2.24, 2.45) is 0 Å². The van der Waals surface area contributed by atoms with Gasteiger partial charge in [-0.3, -0.25) is 0 Å². The van der Waals surface area contributed by atoms with Crippen LogP contribution in [0, 0.1) is 12.3 Å². The first-order chi connectivity index (χ1) is 11.4. The predicted molar refractivity (Wildman–Crippen MR) is 92.0 cm³/mol. The lowest BCUT2D eigenvalue weighted by atomic mass is 10.1. The highest BCUT2D eigenvalue weighted by Crippen LogP contribution is 2.23. The molecule has 126 valence electrons. The number of unbranched alkanes of at least 4 members (excludes halogenated alkanes) is 6. The first-order valence-corrected chi connectivity index (χ1v) is 8.73. The summed E-state index contributed by atoms with van der Waals surface area (Å²) in [5.41, 5.74) is 1.07. The fraction of sp³-hybridized carbons (Fsp3) is 0.600. The zero-order valence-electron chi connectivity index (χ0n) is 13.9. The molecule has 1 heterocycles. The van der Waals surface area contributed by atoms with E-state index in [1.54, 1.807) is 0 Å². The van der Waals surface area contributed by atoms with E-state index in [0.717, 1.165) is 31.4 Å². The standard InChI is InChI=1S/C20H28O3/c1-2-3-4-5-6-7-8-12-15-21-19-16-22-20(23-17-19)18-13-10-9-11-14-18/h1,9-11,13-14,19-20H,3-8,12,15-17H2. The maximum Gasteiger partial charge on any atom is 0.184 e. The van der Waals surface area contributed by atoms with Gasteiger partial charge in [0, 0.05) is 18.6 Å². The van der Waals surface area contributed by atoms with Gasteiger partial charge >= 0.3 is 0 Å². The molecule has 1 aliphatic rings. The Hall–Kier alpha value is -1.34. The first kappa shape index (κ1) is 18.0. The molecule has 1 aromatic rings. The van der Waals surface area contributed by atoms with Crippen LogP contribution in [0.15, 0.2) is 30.3 Å². The van der Waals surface area contributed by atoms with Gasteiger partial charge in [0.25, 0.3) is 0 Å². The van der Waals surface area contributed by atoms with E-state index in [0.29, 0.717) is 13.2 Å². The van der Waals surface area contributed by atoms with Gasteiger partial charge in [0.05, 0.1) is 13.2 Å². The van der Waals surface area contributed by atoms with Gasteiger partial charge in [0.15, 0.2) is 6.29 Å². The quantitative estimate of drug-likeness (QED) is 0.470. The Labute approximate surface area is 140 Å². The van der Waals surface area contributed by atoms with Crippen molar-refractivity contribution in [3.05, 3.63) is 35.9 Å². The maximum absolute atomic E-state index is 5.84. The normalized spacial score (nSPS) is 21.0. The van der Waals surface area contributed by atoms with E-state index in [1.807, 2.05) is 30.3 Å². The Morgan fingerprint density at radius 3 is 2.30 bits per heavy atom. The summed E-state index contributed by atoms with van der Waals surface area (Å²) in [4.78, 5) is 0. The SMILES string of the molecule is C#CCCCCCCCCOC1COC(c2ccccc2)OC1. The van der Waals surface area contributed by atoms with Crippen LogP contribution in [0.4, 0.5) is 0 Å². The van der Waals surface area contributed by atoms with Crippen molar-refractivity contribution >= 4 is 0 Å². The lowest BCUT2D eigenvalue weighted by Gasteiger charge is -2.29. The topological polar surface area (TPSA) is 27.7 Å². The summed E-state index contributed by atoms with van der Waals surface area (Å²) in [6, 6.07) is 10.0. The van der Waals surface area contributed by atoms with Gasteiger partial charge in [-0.1, -0.05) is 56.0 Å². The van der Waals surface area contributed by atoms with Gasteiger partial charge in [-0.25, -0.2) is 0 Å². The van der Waals surface area contributed by atoms with E-state index in [-0.39, 0.29) is 12.4 Å². The fourth-order valence-electron chi connectivity index (χ4n) is 2.67. The molecule has 1 aromatic carbocycles. The summed E-state index contributed by atoms with van der Waals surface area (Å²) in [6.07, 6.45) is 13.2. The predicted octanol–water partition coefficient (Wildman–Crippen LogP) is 4.48. The minimum absolute atomic E-state index is 0.0607. The second kappa shape index (κ2) is 11.2. The Bertz CT molecular complexity index is 444. The molecule has 1 saturated heterocycles. The highest BCUT2D eigenvalue weighted by Gasteiger charge is 2.23. The lowest BCUT2D eigenvalue weighted by molar-refractivity contribution is -0.230. The van der Waals surface area contributed by atoms with Crippen LogP contribution in [-0.2, 0) is 14.2 Å². The van der Waals surface area contributed by atoms with E-state index < -0.39 is 0 Å². The van der Waals surface area contributed by atoms with Gasteiger partial charge < -0.3 is 14.2 Å². The van der Waals surface area contributed by atoms with E-state index >= 15 is 0 Å². The summed E-state index contributed by atoms with van der Waals surface area (Å²) < 4.78 is 17.3. The van der Waals surface area contributed by atoms with Crippen molar-refractivity contribution < 1.29 is 14.2 Å². The smallest absolute Gasteiger partial charge is 0.184 e. The van der Waals surface area contributed by atoms with E-state index in [9.17, 15) is 0 Å². The second-order valence-corrected chi connectivity index (χ2v) is 5.98. The number of terminal acetylenes is 1. The maximum atomic E-state index is 5.84. The largest absolute Gasteiger partial charge is 0.373 e. The van der Waals surface area contributed by atoms with E-state index in [4.69, 9.17) is 20.6 Å². The Kier molecular flexibility index (Phi) is 8.80. The molecule has 0 saturated carbocycles. The average Bonchev–Trinajstić information content (AvgIpc) is 2.62. The summed E-state index contributed by atoms with van der Waals surface area (Å²) in [7, 11) is 0. The van der Waals surface area contributed by atoms with Crippen molar-refractivity contribution in [2.75, 3.05) is 19.8 Å². The van der Waals surface area contributed by atoms with Gasteiger partial charge in [-0.2, -0.15) is 0 Å². The number of hydrogen-bond acceptors (Lipinski definition) is 3. The third-order valence-electron chi connectivity index (χ3n) is 4.01. The average molecular weight is 316 g/mol. The number of hydrogen-bond donors (Lipinski definition) is 0. The zero-order chi connectivity index (χ0) is 16.2. The first-order valence-electron chi connectivity index (χ1n) is 8.73. The molecule has 1 aliphatic heterocycles. The molecule has 0 bridgehead atoms. The molecule has 2 rings (SSSR count). The van der Waals surface area contributed by atoms with Gasteiger partial charge in [-0.05, 0) is 12.8 Å². The molecular formula is C20H28O3. The van der Waals surface area contributed by atoms with Crippen LogP contribution in [0.2, 0.25) is 0 Å². The lowest BCUT2D eigenvalue weighted by Crippen LogP contribution is -2.33. The van der Waals surface area contributed by atoms with Crippen molar-refractivity contribution in [3.63, 3.8) is 0 Å². The van der Waals surface area contributed by atoms with Gasteiger partial charge in [-0.15, -0.1) is 12.3 Å². The summed E-state index contributed by atoms with van der Waals surface area (Å²) in [5.74, 6) is 2.69. The molecule has 0 atom stereocenters. The Balaban J connectivity index is 1.47. The minimum atomic E-state index is -0.251. The molecule has 0 aliphatic carbocycles. The highest BCUT2D eigenvalue weighted by molar-refractivity contribution is 5.16. The number of benzene rings is 1. The molecule has 1 fully saturated rings. The molecule has 0 radical (unpaired) electrons. The zero-order valence-corrected chi connectivity index (χ0v) is 13.9. The molecule has 0 amide bonds. The molecule has 0 N–H and O–H groups in total. The van der Waals surface area contributed by atoms with Crippen LogP contribution in [0.1, 0.15) is 56.8 Å². The molecule has 0 unspecified atom stereocenters. The number of ether oxygens (including phenoxy) is 3. The molecule has 0 aromatic heterocycles. The fourth-order valence-corrected chi connectivity index (χ4v) is 2.67. The van der Waals surface area contributed by atoms with Crippen LogP contribution in [0.5, 0.6) is 0 Å². The van der Waals surface area contributed by atoms with Crippen molar-refractivity contribution in [3.8, 4) is 12.3 Å². The number of rotatable bonds is 10. The summed E-state index contributed by atoms with van der Waals surface area (Å²) in [5, 5.41) is 0. The van der Waals surface area contributed by atoms with Crippen LogP contribution in [0.25, 0.3) is 0 Å². The summed E-state index contributed by atoms with van der Waals surface area (Å²) >= 11 is 0. The van der Waals surface area contributed by atoms with Crippen molar-refractivity contribution in [1.29, 1.82) is 0 Å². The molecule has 23 heavy (non-hydrogen) atoms. The van der Waals surface area contributed by atoms with Gasteiger partial charge in [0.1, 0.15) is 6.10 Å². The van der Waals surface area contributed by atoms with Crippen LogP contribution in [-0.4, -0.2) is 25.9 Å². The molecular weight excluding hydrogens is 288 g/mol. The van der Waals surface area contributed by atoms with Crippen LogP contribution < -0.4 is 0 Å². The van der Waals surface area contributed by atoms with Crippen molar-refractivity contribution in [2.45, 2.75) is 57.3 Å². The van der Waals surface area contributed by atoms with E-state index in [2.05, 4.69) is 5.92 Å². The van der Waals surface area contributed by atoms with Crippen LogP contribution >= 0.6 is 0 Å². The van der Waals surface area contributed by atoms with Gasteiger partial charge in [0.2, 0.25) is 0 Å². The van der Waals surface area contributed by atoms with E-state index in [1.165, 1.54) is 25.7 Å². The van der Waals surface area contributed by atoms with Crippen LogP contribution in [0.3, 0.4) is 0 Å². The highest BCUT2D eigenvalue weighted by atomic mass is 16.7. The minimum Gasteiger partial charge on any atom is -0.373 e. The Morgan fingerprint density at radius 1 is 0.957 bits per heavy atom. The third kappa shape index (κ3) is 7.18. The van der Waals surface area contributed by atoms with Crippen molar-refractivity contribution in [1.82, 2.24) is 0 Å².